The molecule has 1 heterocycles. The Hall–Kier alpha value is -1.73. The molecule has 112 valence electrons. The molecule has 0 unspecified atom stereocenters. The summed E-state index contributed by atoms with van der Waals surface area (Å²) in [5.41, 5.74) is 0.803. The second-order valence-electron chi connectivity index (χ2n) is 4.37. The Morgan fingerprint density at radius 2 is 1.73 bits per heavy atom. The Kier molecular flexibility index (Phi) is 4.54. The van der Waals surface area contributed by atoms with E-state index in [1.165, 1.54) is 12.1 Å². The second kappa shape index (κ2) is 6.58. The molecule has 0 radical (unpaired) electrons. The lowest BCUT2D eigenvalue weighted by atomic mass is 10.2. The van der Waals surface area contributed by atoms with E-state index in [1.807, 2.05) is 24.3 Å². The van der Waals surface area contributed by atoms with Gasteiger partial charge in [0.15, 0.2) is 18.2 Å². The summed E-state index contributed by atoms with van der Waals surface area (Å²) in [5.74, 6) is 0.344. The molecule has 22 heavy (non-hydrogen) atoms. The molecule has 0 N–H and O–H groups in total. The fourth-order valence-electron chi connectivity index (χ4n) is 1.75. The maximum Gasteiger partial charge on any atom is 0.254 e. The first-order valence-corrected chi connectivity index (χ1v) is 7.86. The molecule has 0 amide bonds. The van der Waals surface area contributed by atoms with E-state index in [2.05, 4.69) is 42.1 Å². The number of ether oxygens (including phenoxy) is 1. The van der Waals surface area contributed by atoms with Crippen LogP contribution in [-0.4, -0.2) is 10.2 Å². The average Bonchev–Trinajstić information content (AvgIpc) is 2.96. The average molecular weight is 428 g/mol. The summed E-state index contributed by atoms with van der Waals surface area (Å²) in [4.78, 5) is 0. The molecular formula is C15H9Br2FN2O2. The highest BCUT2D eigenvalue weighted by molar-refractivity contribution is 9.10. The molecule has 0 saturated heterocycles. The number of benzene rings is 2. The van der Waals surface area contributed by atoms with E-state index in [1.54, 1.807) is 6.07 Å². The smallest absolute Gasteiger partial charge is 0.254 e. The molecule has 0 atom stereocenters. The second-order valence-corrected chi connectivity index (χ2v) is 6.20. The van der Waals surface area contributed by atoms with Crippen LogP contribution in [-0.2, 0) is 6.61 Å². The van der Waals surface area contributed by atoms with Gasteiger partial charge >= 0.3 is 0 Å². The summed E-state index contributed by atoms with van der Waals surface area (Å²) < 4.78 is 26.1. The van der Waals surface area contributed by atoms with Gasteiger partial charge < -0.3 is 9.15 Å². The summed E-state index contributed by atoms with van der Waals surface area (Å²) in [7, 11) is 0. The zero-order chi connectivity index (χ0) is 15.5. The number of halogens is 3. The van der Waals surface area contributed by atoms with E-state index in [9.17, 15) is 4.39 Å². The number of rotatable bonds is 4. The van der Waals surface area contributed by atoms with Gasteiger partial charge in [0.25, 0.3) is 5.89 Å². The number of nitrogens with zero attached hydrogens (tertiary/aromatic N) is 2. The van der Waals surface area contributed by atoms with Crippen molar-refractivity contribution in [2.24, 2.45) is 0 Å². The molecule has 0 aliphatic carbocycles. The summed E-state index contributed by atoms with van der Waals surface area (Å²) >= 11 is 6.55. The van der Waals surface area contributed by atoms with E-state index in [-0.39, 0.29) is 18.2 Å². The van der Waals surface area contributed by atoms with Gasteiger partial charge in [0.05, 0.1) is 0 Å². The standard InChI is InChI=1S/C15H9Br2FN2O2/c16-10-3-1-9(2-4-10)15-20-19-14(22-15)8-21-13-6-5-11(17)7-12(13)18/h1-7H,8H2. The summed E-state index contributed by atoms with van der Waals surface area (Å²) in [6.07, 6.45) is 0. The molecule has 3 aromatic rings. The van der Waals surface area contributed by atoms with E-state index in [4.69, 9.17) is 9.15 Å². The lowest BCUT2D eigenvalue weighted by molar-refractivity contribution is 0.253. The Labute approximate surface area is 142 Å². The highest BCUT2D eigenvalue weighted by Crippen LogP contribution is 2.23. The third-order valence-electron chi connectivity index (χ3n) is 2.80. The highest BCUT2D eigenvalue weighted by Gasteiger charge is 2.10. The molecule has 0 spiro atoms. The van der Waals surface area contributed by atoms with Crippen molar-refractivity contribution in [3.8, 4) is 17.2 Å². The first-order chi connectivity index (χ1) is 10.6. The molecule has 3 rings (SSSR count). The lowest BCUT2D eigenvalue weighted by Crippen LogP contribution is -1.97. The molecule has 0 aliphatic rings. The maximum absolute atomic E-state index is 13.6. The molecule has 1 aromatic heterocycles. The number of hydrogen-bond acceptors (Lipinski definition) is 4. The van der Waals surface area contributed by atoms with Crippen LogP contribution in [0.4, 0.5) is 4.39 Å². The largest absolute Gasteiger partial charge is 0.481 e. The monoisotopic (exact) mass is 426 g/mol. The Bertz CT molecular complexity index is 790. The SMILES string of the molecule is Fc1cc(Br)ccc1OCc1nnc(-c2ccc(Br)cc2)o1. The van der Waals surface area contributed by atoms with Crippen LogP contribution >= 0.6 is 31.9 Å². The predicted molar refractivity (Wildman–Crippen MR) is 85.9 cm³/mol. The molecule has 0 aliphatic heterocycles. The predicted octanol–water partition coefficient (Wildman–Crippen LogP) is 4.98. The van der Waals surface area contributed by atoms with Gasteiger partial charge in [-0.05, 0) is 42.5 Å². The van der Waals surface area contributed by atoms with Crippen LogP contribution in [0.1, 0.15) is 5.89 Å². The number of hydrogen-bond donors (Lipinski definition) is 0. The summed E-state index contributed by atoms with van der Waals surface area (Å²) in [6.45, 7) is 0.00206. The quantitative estimate of drug-likeness (QED) is 0.589. The Morgan fingerprint density at radius 1 is 1.00 bits per heavy atom. The summed E-state index contributed by atoms with van der Waals surface area (Å²) in [6, 6.07) is 12.0. The maximum atomic E-state index is 13.6. The van der Waals surface area contributed by atoms with Gasteiger partial charge in [0.1, 0.15) is 0 Å². The van der Waals surface area contributed by atoms with Crippen LogP contribution in [0.2, 0.25) is 0 Å². The molecule has 0 saturated carbocycles. The van der Waals surface area contributed by atoms with E-state index >= 15 is 0 Å². The summed E-state index contributed by atoms with van der Waals surface area (Å²) in [5, 5.41) is 7.84. The van der Waals surface area contributed by atoms with Crippen molar-refractivity contribution in [1.82, 2.24) is 10.2 Å². The van der Waals surface area contributed by atoms with Gasteiger partial charge in [0, 0.05) is 14.5 Å². The zero-order valence-corrected chi connectivity index (χ0v) is 14.3. The van der Waals surface area contributed by atoms with Crippen LogP contribution in [0, 0.1) is 5.82 Å². The van der Waals surface area contributed by atoms with Crippen LogP contribution in [0.3, 0.4) is 0 Å². The number of aromatic nitrogens is 2. The molecule has 4 nitrogen and oxygen atoms in total. The van der Waals surface area contributed by atoms with Crippen LogP contribution in [0.15, 0.2) is 55.8 Å². The van der Waals surface area contributed by atoms with Crippen LogP contribution in [0.5, 0.6) is 5.75 Å². The van der Waals surface area contributed by atoms with Crippen molar-refractivity contribution < 1.29 is 13.5 Å². The molecule has 0 bridgehead atoms. The minimum atomic E-state index is -0.456. The van der Waals surface area contributed by atoms with E-state index in [0.29, 0.717) is 10.4 Å². The third kappa shape index (κ3) is 3.53. The van der Waals surface area contributed by atoms with Gasteiger partial charge in [-0.2, -0.15) is 0 Å². The van der Waals surface area contributed by atoms with Crippen molar-refractivity contribution in [3.05, 3.63) is 63.1 Å². The van der Waals surface area contributed by atoms with Gasteiger partial charge in [-0.15, -0.1) is 10.2 Å². The lowest BCUT2D eigenvalue weighted by Gasteiger charge is -2.04. The first-order valence-electron chi connectivity index (χ1n) is 6.28. The first kappa shape index (κ1) is 15.2. The van der Waals surface area contributed by atoms with E-state index < -0.39 is 5.82 Å². The van der Waals surface area contributed by atoms with Gasteiger partial charge in [0.2, 0.25) is 5.89 Å². The molecule has 2 aromatic carbocycles. The van der Waals surface area contributed by atoms with E-state index in [0.717, 1.165) is 10.0 Å². The van der Waals surface area contributed by atoms with Crippen molar-refractivity contribution in [1.29, 1.82) is 0 Å². The van der Waals surface area contributed by atoms with Crippen molar-refractivity contribution in [2.45, 2.75) is 6.61 Å². The highest BCUT2D eigenvalue weighted by atomic mass is 79.9. The third-order valence-corrected chi connectivity index (χ3v) is 3.83. The Morgan fingerprint density at radius 3 is 2.45 bits per heavy atom. The molecule has 7 heteroatoms. The fourth-order valence-corrected chi connectivity index (χ4v) is 2.35. The van der Waals surface area contributed by atoms with Crippen molar-refractivity contribution >= 4 is 31.9 Å². The minimum Gasteiger partial charge on any atom is -0.481 e. The van der Waals surface area contributed by atoms with Crippen molar-refractivity contribution in [2.75, 3.05) is 0 Å². The van der Waals surface area contributed by atoms with Crippen LogP contribution < -0.4 is 4.74 Å². The molecular weight excluding hydrogens is 419 g/mol. The van der Waals surface area contributed by atoms with Crippen molar-refractivity contribution in [3.63, 3.8) is 0 Å². The minimum absolute atomic E-state index is 0.00206. The van der Waals surface area contributed by atoms with Gasteiger partial charge in [-0.1, -0.05) is 31.9 Å². The van der Waals surface area contributed by atoms with Gasteiger partial charge in [-0.3, -0.25) is 0 Å². The Balaban J connectivity index is 1.70. The normalized spacial score (nSPS) is 10.7. The van der Waals surface area contributed by atoms with Gasteiger partial charge in [-0.25, -0.2) is 4.39 Å². The van der Waals surface area contributed by atoms with Crippen LogP contribution in [0.25, 0.3) is 11.5 Å². The zero-order valence-electron chi connectivity index (χ0n) is 11.1. The molecule has 0 fully saturated rings. The fraction of sp³-hybridized carbons (Fsp3) is 0.0667. The topological polar surface area (TPSA) is 48.2 Å².